The SMILES string of the molecule is O=C(Nc1ccc(Br)c(C(F)(F)F)c1)c1cc(-c2ccncc2)nc2ccccc12. The van der Waals surface area contributed by atoms with Crippen LogP contribution in [0.15, 0.2) is 77.5 Å². The summed E-state index contributed by atoms with van der Waals surface area (Å²) in [6.45, 7) is 0. The predicted molar refractivity (Wildman–Crippen MR) is 112 cm³/mol. The Hall–Kier alpha value is -3.26. The Morgan fingerprint density at radius 1 is 0.967 bits per heavy atom. The smallest absolute Gasteiger partial charge is 0.322 e. The summed E-state index contributed by atoms with van der Waals surface area (Å²) in [5.74, 6) is -0.528. The van der Waals surface area contributed by atoms with Gasteiger partial charge >= 0.3 is 6.18 Å². The van der Waals surface area contributed by atoms with Crippen LogP contribution in [0.5, 0.6) is 0 Å². The van der Waals surface area contributed by atoms with E-state index in [1.54, 1.807) is 54.9 Å². The van der Waals surface area contributed by atoms with E-state index in [-0.39, 0.29) is 10.2 Å². The van der Waals surface area contributed by atoms with Crippen LogP contribution in [0.1, 0.15) is 15.9 Å². The zero-order valence-electron chi connectivity index (χ0n) is 15.2. The molecule has 0 saturated heterocycles. The van der Waals surface area contributed by atoms with Crippen molar-refractivity contribution in [3.05, 3.63) is 88.7 Å². The topological polar surface area (TPSA) is 54.9 Å². The van der Waals surface area contributed by atoms with E-state index < -0.39 is 17.6 Å². The van der Waals surface area contributed by atoms with Crippen molar-refractivity contribution in [2.45, 2.75) is 6.18 Å². The fourth-order valence-corrected chi connectivity index (χ4v) is 3.52. The molecule has 0 fully saturated rings. The van der Waals surface area contributed by atoms with Crippen molar-refractivity contribution < 1.29 is 18.0 Å². The Labute approximate surface area is 177 Å². The molecular formula is C22H13BrF3N3O. The lowest BCUT2D eigenvalue weighted by Gasteiger charge is -2.13. The number of anilines is 1. The van der Waals surface area contributed by atoms with Crippen molar-refractivity contribution in [2.24, 2.45) is 0 Å². The molecule has 0 aliphatic carbocycles. The lowest BCUT2D eigenvalue weighted by molar-refractivity contribution is -0.138. The van der Waals surface area contributed by atoms with Crippen molar-refractivity contribution in [3.8, 4) is 11.3 Å². The Morgan fingerprint density at radius 3 is 2.43 bits per heavy atom. The molecule has 0 saturated carbocycles. The summed E-state index contributed by atoms with van der Waals surface area (Å²) >= 11 is 2.90. The maximum atomic E-state index is 13.2. The highest BCUT2D eigenvalue weighted by atomic mass is 79.9. The summed E-state index contributed by atoms with van der Waals surface area (Å²) in [5, 5.41) is 3.17. The van der Waals surface area contributed by atoms with Crippen LogP contribution in [0.2, 0.25) is 0 Å². The number of carbonyl (C=O) groups excluding carboxylic acids is 1. The van der Waals surface area contributed by atoms with Crippen molar-refractivity contribution in [2.75, 3.05) is 5.32 Å². The van der Waals surface area contributed by atoms with E-state index >= 15 is 0 Å². The molecule has 4 aromatic rings. The largest absolute Gasteiger partial charge is 0.417 e. The average Bonchev–Trinajstić information content (AvgIpc) is 2.74. The second-order valence-corrected chi connectivity index (χ2v) is 7.31. The average molecular weight is 472 g/mol. The molecule has 0 unspecified atom stereocenters. The van der Waals surface area contributed by atoms with Crippen LogP contribution < -0.4 is 5.32 Å². The summed E-state index contributed by atoms with van der Waals surface area (Å²) < 4.78 is 39.5. The second-order valence-electron chi connectivity index (χ2n) is 6.45. The maximum absolute atomic E-state index is 13.2. The number of para-hydroxylation sites is 1. The highest BCUT2D eigenvalue weighted by Gasteiger charge is 2.33. The van der Waals surface area contributed by atoms with Crippen LogP contribution in [-0.4, -0.2) is 15.9 Å². The Bertz CT molecular complexity index is 1240. The van der Waals surface area contributed by atoms with Gasteiger partial charge in [-0.25, -0.2) is 4.98 Å². The van der Waals surface area contributed by atoms with Crippen molar-refractivity contribution in [3.63, 3.8) is 0 Å². The number of rotatable bonds is 3. The van der Waals surface area contributed by atoms with E-state index in [1.807, 2.05) is 0 Å². The molecule has 0 radical (unpaired) electrons. The van der Waals surface area contributed by atoms with Crippen LogP contribution >= 0.6 is 15.9 Å². The normalized spacial score (nSPS) is 11.5. The molecular weight excluding hydrogens is 459 g/mol. The first-order valence-electron chi connectivity index (χ1n) is 8.81. The van der Waals surface area contributed by atoms with E-state index in [2.05, 4.69) is 31.2 Å². The minimum Gasteiger partial charge on any atom is -0.322 e. The quantitative estimate of drug-likeness (QED) is 0.379. The van der Waals surface area contributed by atoms with Gasteiger partial charge in [-0.15, -0.1) is 0 Å². The molecule has 0 bridgehead atoms. The van der Waals surface area contributed by atoms with E-state index in [1.165, 1.54) is 12.1 Å². The van der Waals surface area contributed by atoms with Gasteiger partial charge in [-0.1, -0.05) is 34.1 Å². The molecule has 8 heteroatoms. The third-order valence-corrected chi connectivity index (χ3v) is 5.16. The van der Waals surface area contributed by atoms with Crippen LogP contribution in [0, 0.1) is 0 Å². The van der Waals surface area contributed by atoms with Crippen molar-refractivity contribution in [1.29, 1.82) is 0 Å². The van der Waals surface area contributed by atoms with E-state index in [0.29, 0.717) is 22.2 Å². The van der Waals surface area contributed by atoms with Gasteiger partial charge in [0.1, 0.15) is 0 Å². The number of benzene rings is 2. The van der Waals surface area contributed by atoms with Crippen LogP contribution in [0.3, 0.4) is 0 Å². The third kappa shape index (κ3) is 4.04. The Balaban J connectivity index is 1.77. The number of nitrogens with zero attached hydrogens (tertiary/aromatic N) is 2. The number of hydrogen-bond donors (Lipinski definition) is 1. The van der Waals surface area contributed by atoms with Gasteiger partial charge in [-0.3, -0.25) is 9.78 Å². The highest BCUT2D eigenvalue weighted by molar-refractivity contribution is 9.10. The van der Waals surface area contributed by atoms with Gasteiger partial charge in [0.05, 0.1) is 22.3 Å². The minimum atomic E-state index is -4.54. The first-order valence-corrected chi connectivity index (χ1v) is 9.60. The minimum absolute atomic E-state index is 0.0434. The molecule has 0 aliphatic heterocycles. The molecule has 4 rings (SSSR count). The molecule has 4 nitrogen and oxygen atoms in total. The highest BCUT2D eigenvalue weighted by Crippen LogP contribution is 2.36. The molecule has 30 heavy (non-hydrogen) atoms. The van der Waals surface area contributed by atoms with Gasteiger partial charge in [-0.05, 0) is 42.5 Å². The zero-order chi connectivity index (χ0) is 21.3. The van der Waals surface area contributed by atoms with Crippen LogP contribution in [-0.2, 0) is 6.18 Å². The molecule has 0 spiro atoms. The molecule has 2 aromatic heterocycles. The first kappa shape index (κ1) is 20.0. The van der Waals surface area contributed by atoms with Gasteiger partial charge in [0.2, 0.25) is 0 Å². The number of alkyl halides is 3. The monoisotopic (exact) mass is 471 g/mol. The molecule has 2 aromatic carbocycles. The summed E-state index contributed by atoms with van der Waals surface area (Å²) in [6, 6.07) is 15.8. The predicted octanol–water partition coefficient (Wildman–Crippen LogP) is 6.33. The molecule has 1 amide bonds. The zero-order valence-corrected chi connectivity index (χ0v) is 16.8. The number of hydrogen-bond acceptors (Lipinski definition) is 3. The lowest BCUT2D eigenvalue weighted by Crippen LogP contribution is -2.14. The van der Waals surface area contributed by atoms with Gasteiger partial charge in [0, 0.05) is 33.5 Å². The van der Waals surface area contributed by atoms with Crippen molar-refractivity contribution >= 4 is 38.4 Å². The van der Waals surface area contributed by atoms with Crippen molar-refractivity contribution in [1.82, 2.24) is 9.97 Å². The van der Waals surface area contributed by atoms with E-state index in [0.717, 1.165) is 11.6 Å². The second kappa shape index (κ2) is 7.87. The number of fused-ring (bicyclic) bond motifs is 1. The summed E-state index contributed by atoms with van der Waals surface area (Å²) in [7, 11) is 0. The van der Waals surface area contributed by atoms with Gasteiger partial charge < -0.3 is 5.32 Å². The number of amides is 1. The van der Waals surface area contributed by atoms with Crippen LogP contribution in [0.4, 0.5) is 18.9 Å². The fraction of sp³-hybridized carbons (Fsp3) is 0.0455. The summed E-state index contributed by atoms with van der Waals surface area (Å²) in [5.41, 5.74) is 1.42. The summed E-state index contributed by atoms with van der Waals surface area (Å²) in [6.07, 6.45) is -1.31. The molecule has 1 N–H and O–H groups in total. The molecule has 0 aliphatic rings. The van der Waals surface area contributed by atoms with E-state index in [4.69, 9.17) is 0 Å². The van der Waals surface area contributed by atoms with Gasteiger partial charge in [-0.2, -0.15) is 13.2 Å². The molecule has 2 heterocycles. The summed E-state index contributed by atoms with van der Waals surface area (Å²) in [4.78, 5) is 21.6. The van der Waals surface area contributed by atoms with E-state index in [9.17, 15) is 18.0 Å². The first-order chi connectivity index (χ1) is 14.3. The standard InChI is InChI=1S/C22H13BrF3N3O/c23-18-6-5-14(11-17(18)22(24,25)26)28-21(30)16-12-20(13-7-9-27-10-8-13)29-19-4-2-1-3-15(16)19/h1-12H,(H,28,30). The Kier molecular flexibility index (Phi) is 5.26. The number of pyridine rings is 2. The Morgan fingerprint density at radius 2 is 1.70 bits per heavy atom. The number of nitrogens with one attached hydrogen (secondary N) is 1. The lowest BCUT2D eigenvalue weighted by atomic mass is 10.0. The fourth-order valence-electron chi connectivity index (χ4n) is 3.05. The third-order valence-electron chi connectivity index (χ3n) is 4.47. The molecule has 150 valence electrons. The van der Waals surface area contributed by atoms with Gasteiger partial charge in [0.25, 0.3) is 5.91 Å². The van der Waals surface area contributed by atoms with Gasteiger partial charge in [0.15, 0.2) is 0 Å². The molecule has 0 atom stereocenters. The maximum Gasteiger partial charge on any atom is 0.417 e. The number of carbonyl (C=O) groups is 1. The number of aromatic nitrogens is 2. The number of halogens is 4. The van der Waals surface area contributed by atoms with Crippen LogP contribution in [0.25, 0.3) is 22.2 Å².